The van der Waals surface area contributed by atoms with Gasteiger partial charge in [0, 0.05) is 24.0 Å². The summed E-state index contributed by atoms with van der Waals surface area (Å²) in [4.78, 5) is 18.8. The van der Waals surface area contributed by atoms with Gasteiger partial charge in [-0.1, -0.05) is 36.4 Å². The van der Waals surface area contributed by atoms with Crippen molar-refractivity contribution in [2.24, 2.45) is 10.7 Å². The van der Waals surface area contributed by atoms with Gasteiger partial charge in [-0.15, -0.1) is 11.3 Å². The Kier molecular flexibility index (Phi) is 8.07. The molecule has 1 aliphatic rings. The second kappa shape index (κ2) is 10.7. The van der Waals surface area contributed by atoms with Gasteiger partial charge in [-0.05, 0) is 52.2 Å². The van der Waals surface area contributed by atoms with Crippen molar-refractivity contribution in [1.29, 1.82) is 5.41 Å². The average molecular weight is 496 g/mol. The smallest absolute Gasteiger partial charge is 0.309 e. The zero-order valence-corrected chi connectivity index (χ0v) is 22.1. The number of aliphatic hydroxyl groups is 1. The van der Waals surface area contributed by atoms with Crippen LogP contribution in [0.4, 0.5) is 5.00 Å². The monoisotopic (exact) mass is 495 g/mol. The molecule has 8 heteroatoms. The summed E-state index contributed by atoms with van der Waals surface area (Å²) in [6.07, 6.45) is 4.44. The predicted molar refractivity (Wildman–Crippen MR) is 143 cm³/mol. The SMILES string of the molecule is C/C(N)=[N+]1/C(=N)C(CC(=O)OC(C)(C)C)N=C(c2ccc(/C=C/CCO)cc2)c2c1sc(C)c2C. The molecule has 1 aromatic heterocycles. The van der Waals surface area contributed by atoms with Crippen molar-refractivity contribution >= 4 is 45.8 Å². The number of hydrogen-bond donors (Lipinski definition) is 3. The summed E-state index contributed by atoms with van der Waals surface area (Å²) in [6, 6.07) is 7.24. The van der Waals surface area contributed by atoms with E-state index < -0.39 is 17.6 Å². The molecule has 7 nitrogen and oxygen atoms in total. The number of nitrogens with zero attached hydrogens (tertiary/aromatic N) is 2. The Morgan fingerprint density at radius 2 is 1.94 bits per heavy atom. The maximum atomic E-state index is 12.7. The number of aliphatic imine (C=N–C) groups is 1. The molecule has 0 amide bonds. The van der Waals surface area contributed by atoms with Crippen molar-refractivity contribution in [3.05, 3.63) is 57.5 Å². The average Bonchev–Trinajstić information content (AvgIpc) is 2.97. The molecule has 2 heterocycles. The van der Waals surface area contributed by atoms with Crippen LogP contribution in [-0.2, 0) is 9.53 Å². The Morgan fingerprint density at radius 3 is 2.51 bits per heavy atom. The summed E-state index contributed by atoms with van der Waals surface area (Å²) in [6.45, 7) is 11.4. The minimum atomic E-state index is -0.748. The molecular formula is C27H35N4O3S+. The minimum absolute atomic E-state index is 0.0572. The summed E-state index contributed by atoms with van der Waals surface area (Å²) >= 11 is 1.57. The van der Waals surface area contributed by atoms with E-state index in [1.165, 1.54) is 0 Å². The van der Waals surface area contributed by atoms with E-state index in [-0.39, 0.29) is 18.9 Å². The van der Waals surface area contributed by atoms with Crippen LogP contribution in [0.25, 0.3) is 6.08 Å². The van der Waals surface area contributed by atoms with Crippen LogP contribution in [0.5, 0.6) is 0 Å². The fraction of sp³-hybridized carbons (Fsp3) is 0.407. The van der Waals surface area contributed by atoms with Crippen molar-refractivity contribution in [3.8, 4) is 0 Å². The number of hydrogen-bond acceptors (Lipinski definition) is 6. The predicted octanol–water partition coefficient (Wildman–Crippen LogP) is 4.71. The number of thiophene rings is 1. The van der Waals surface area contributed by atoms with Gasteiger partial charge in [-0.2, -0.15) is 9.98 Å². The number of rotatable bonds is 6. The van der Waals surface area contributed by atoms with Crippen LogP contribution in [0, 0.1) is 19.3 Å². The highest BCUT2D eigenvalue weighted by atomic mass is 32.1. The van der Waals surface area contributed by atoms with Crippen molar-refractivity contribution in [2.45, 2.75) is 66.0 Å². The molecule has 0 fully saturated rings. The second-order valence-electron chi connectivity index (χ2n) is 9.65. The van der Waals surface area contributed by atoms with Crippen molar-refractivity contribution < 1.29 is 19.2 Å². The van der Waals surface area contributed by atoms with Crippen LogP contribution in [0.3, 0.4) is 0 Å². The topological polar surface area (TPSA) is 112 Å². The van der Waals surface area contributed by atoms with E-state index in [0.717, 1.165) is 37.8 Å². The molecule has 1 aromatic carbocycles. The van der Waals surface area contributed by atoms with Gasteiger partial charge in [0.15, 0.2) is 10.8 Å². The first-order valence-electron chi connectivity index (χ1n) is 11.7. The molecule has 0 spiro atoms. The third-order valence-electron chi connectivity index (χ3n) is 5.57. The Labute approximate surface area is 211 Å². The lowest BCUT2D eigenvalue weighted by Gasteiger charge is -2.20. The molecule has 1 aliphatic heterocycles. The maximum absolute atomic E-state index is 12.7. The Hall–Kier alpha value is -3.10. The van der Waals surface area contributed by atoms with Crippen LogP contribution in [0.1, 0.15) is 67.7 Å². The molecule has 0 saturated carbocycles. The Morgan fingerprint density at radius 1 is 1.29 bits per heavy atom. The Balaban J connectivity index is 2.15. The third-order valence-corrected chi connectivity index (χ3v) is 6.76. The van der Waals surface area contributed by atoms with Gasteiger partial charge in [-0.25, -0.2) is 0 Å². The highest BCUT2D eigenvalue weighted by molar-refractivity contribution is 7.16. The van der Waals surface area contributed by atoms with Gasteiger partial charge in [0.2, 0.25) is 0 Å². The lowest BCUT2D eigenvalue weighted by atomic mass is 9.98. The normalized spacial score (nSPS) is 17.7. The van der Waals surface area contributed by atoms with Gasteiger partial charge in [-0.3, -0.25) is 9.79 Å². The molecule has 0 saturated heterocycles. The number of nitrogens with two attached hydrogens (primary N) is 1. The molecule has 0 radical (unpaired) electrons. The maximum Gasteiger partial charge on any atom is 0.309 e. The molecule has 0 bridgehead atoms. The number of benzene rings is 1. The van der Waals surface area contributed by atoms with E-state index in [2.05, 4.69) is 0 Å². The van der Waals surface area contributed by atoms with E-state index in [1.807, 2.05) is 71.0 Å². The van der Waals surface area contributed by atoms with E-state index in [1.54, 1.807) is 22.8 Å². The summed E-state index contributed by atoms with van der Waals surface area (Å²) in [5, 5.41) is 18.8. The molecule has 186 valence electrons. The van der Waals surface area contributed by atoms with Gasteiger partial charge < -0.3 is 15.6 Å². The summed E-state index contributed by atoms with van der Waals surface area (Å²) < 4.78 is 7.25. The minimum Gasteiger partial charge on any atom is -0.460 e. The number of fused-ring (bicyclic) bond motifs is 1. The first-order chi connectivity index (χ1) is 16.4. The second-order valence-corrected chi connectivity index (χ2v) is 10.8. The van der Waals surface area contributed by atoms with Crippen molar-refractivity contribution in [3.63, 3.8) is 0 Å². The highest BCUT2D eigenvalue weighted by Gasteiger charge is 2.36. The summed E-state index contributed by atoms with van der Waals surface area (Å²) in [5.74, 6) is 0.192. The molecule has 1 unspecified atom stereocenters. The fourth-order valence-electron chi connectivity index (χ4n) is 3.88. The largest absolute Gasteiger partial charge is 0.460 e. The quantitative estimate of drug-likeness (QED) is 0.306. The van der Waals surface area contributed by atoms with Crippen LogP contribution in [0.2, 0.25) is 0 Å². The summed E-state index contributed by atoms with van der Waals surface area (Å²) in [5.41, 5.74) is 10.3. The number of amidine groups is 2. The van der Waals surface area contributed by atoms with Crippen molar-refractivity contribution in [1.82, 2.24) is 0 Å². The van der Waals surface area contributed by atoms with Gasteiger partial charge in [0.1, 0.15) is 11.6 Å². The lowest BCUT2D eigenvalue weighted by molar-refractivity contribution is -0.309. The number of esters is 1. The zero-order chi connectivity index (χ0) is 25.9. The number of ether oxygens (including phenoxy) is 1. The number of carbonyl (C=O) groups excluding carboxylic acids is 1. The number of nitrogens with one attached hydrogen (secondary N) is 1. The molecule has 3 rings (SSSR count). The molecule has 2 aromatic rings. The first-order valence-corrected chi connectivity index (χ1v) is 12.5. The molecular weight excluding hydrogens is 460 g/mol. The molecule has 1 atom stereocenters. The van der Waals surface area contributed by atoms with Gasteiger partial charge in [0.05, 0.1) is 17.7 Å². The van der Waals surface area contributed by atoms with Crippen LogP contribution >= 0.6 is 11.3 Å². The van der Waals surface area contributed by atoms with E-state index in [0.29, 0.717) is 12.3 Å². The zero-order valence-electron chi connectivity index (χ0n) is 21.3. The van der Waals surface area contributed by atoms with Crippen LogP contribution in [-0.4, -0.2) is 51.3 Å². The lowest BCUT2D eigenvalue weighted by Crippen LogP contribution is -2.36. The van der Waals surface area contributed by atoms with E-state index in [9.17, 15) is 4.79 Å². The Bertz CT molecular complexity index is 1210. The molecule has 4 N–H and O–H groups in total. The fourth-order valence-corrected chi connectivity index (χ4v) is 5.11. The van der Waals surface area contributed by atoms with Crippen LogP contribution < -0.4 is 5.73 Å². The van der Waals surface area contributed by atoms with Gasteiger partial charge >= 0.3 is 5.97 Å². The summed E-state index contributed by atoms with van der Waals surface area (Å²) in [7, 11) is 0. The van der Waals surface area contributed by atoms with E-state index in [4.69, 9.17) is 26.0 Å². The van der Waals surface area contributed by atoms with E-state index >= 15 is 0 Å². The number of carbonyl (C=O) groups is 1. The standard InChI is InChI=1S/C27H34N4O3S/c1-16-17(2)35-26-23(16)24(20-12-10-19(11-13-20)9-7-8-14-32)30-21(25(29)31(26)18(3)28)15-22(33)34-27(4,5)6/h7,9-13,21,28-29,32H,8,14-15H2,1-6H3/p+1/b9-7+,29-25?. The molecule has 0 aliphatic carbocycles. The first kappa shape index (κ1) is 26.5. The number of aryl methyl sites for hydroxylation is 1. The third kappa shape index (κ3) is 6.13. The van der Waals surface area contributed by atoms with Crippen LogP contribution in [0.15, 0.2) is 35.3 Å². The van der Waals surface area contributed by atoms with Crippen molar-refractivity contribution in [2.75, 3.05) is 6.61 Å². The number of aliphatic hydroxyl groups excluding tert-OH is 1. The highest BCUT2D eigenvalue weighted by Crippen LogP contribution is 2.39. The van der Waals surface area contributed by atoms with Gasteiger partial charge in [0.25, 0.3) is 5.84 Å². The molecule has 35 heavy (non-hydrogen) atoms.